The molecule has 0 saturated carbocycles. The summed E-state index contributed by atoms with van der Waals surface area (Å²) in [6.45, 7) is 1.34. The molecular weight excluding hydrogens is 460 g/mol. The lowest BCUT2D eigenvalue weighted by atomic mass is 10.0. The van der Waals surface area contributed by atoms with Crippen molar-refractivity contribution in [3.63, 3.8) is 0 Å². The molecule has 0 aliphatic rings. The van der Waals surface area contributed by atoms with E-state index in [-0.39, 0.29) is 35.6 Å². The van der Waals surface area contributed by atoms with Crippen molar-refractivity contribution in [3.05, 3.63) is 89.5 Å². The molecule has 0 aromatic heterocycles. The molecule has 0 bridgehead atoms. The van der Waals surface area contributed by atoms with Gasteiger partial charge in [-0.15, -0.1) is 5.11 Å². The van der Waals surface area contributed by atoms with E-state index in [9.17, 15) is 19.5 Å². The van der Waals surface area contributed by atoms with Gasteiger partial charge in [0.05, 0.1) is 11.9 Å². The van der Waals surface area contributed by atoms with Crippen molar-refractivity contribution in [2.75, 3.05) is 7.05 Å². The van der Waals surface area contributed by atoms with Crippen molar-refractivity contribution in [1.29, 1.82) is 0 Å². The highest BCUT2D eigenvalue weighted by Gasteiger charge is 2.19. The molecule has 1 atom stereocenters. The van der Waals surface area contributed by atoms with E-state index in [0.717, 1.165) is 5.56 Å². The van der Waals surface area contributed by atoms with Gasteiger partial charge in [0.1, 0.15) is 17.5 Å². The molecule has 3 amide bonds. The first-order valence-corrected chi connectivity index (χ1v) is 11.1. The number of rotatable bonds is 9. The van der Waals surface area contributed by atoms with Crippen LogP contribution >= 0.6 is 0 Å². The minimum absolute atomic E-state index is 0.0727. The quantitative estimate of drug-likeness (QED) is 0.209. The predicted molar refractivity (Wildman–Crippen MR) is 136 cm³/mol. The maximum absolute atomic E-state index is 12.1. The number of nitrogens with one attached hydrogen (secondary N) is 3. The minimum atomic E-state index is -0.756. The number of azo groups is 1. The first kappa shape index (κ1) is 25.8. The predicted octanol–water partition coefficient (Wildman–Crippen LogP) is 3.36. The number of phenols is 1. The maximum atomic E-state index is 12.1. The van der Waals surface area contributed by atoms with E-state index in [0.29, 0.717) is 16.8 Å². The molecule has 184 valence electrons. The average molecular weight is 487 g/mol. The summed E-state index contributed by atoms with van der Waals surface area (Å²) in [7, 11) is 1.49. The van der Waals surface area contributed by atoms with Crippen LogP contribution in [0.5, 0.6) is 5.75 Å². The van der Waals surface area contributed by atoms with Gasteiger partial charge in [0, 0.05) is 26.0 Å². The number of amides is 3. The second-order valence-corrected chi connectivity index (χ2v) is 7.75. The molecule has 0 aliphatic carbocycles. The SMILES string of the molecule is CNC(=O)[C@H](Cc1ccc(O)c(/N=N/c2ccc(/C=N\NC(=O)c3ccccc3)cc2)c1)NC(C)=O. The summed E-state index contributed by atoms with van der Waals surface area (Å²) >= 11 is 0. The Labute approximate surface area is 208 Å². The molecule has 10 nitrogen and oxygen atoms in total. The Balaban J connectivity index is 1.64. The van der Waals surface area contributed by atoms with Crippen LogP contribution in [0.2, 0.25) is 0 Å². The molecule has 10 heteroatoms. The summed E-state index contributed by atoms with van der Waals surface area (Å²) in [5, 5.41) is 27.5. The van der Waals surface area contributed by atoms with Crippen molar-refractivity contribution < 1.29 is 19.5 Å². The average Bonchev–Trinajstić information content (AvgIpc) is 2.89. The standard InChI is InChI=1S/C26H26N6O4/c1-17(33)29-23(26(36)27-2)15-19-10-13-24(34)22(14-19)31-30-21-11-8-18(9-12-21)16-28-32-25(35)20-6-4-3-5-7-20/h3-14,16,23,34H,15H2,1-2H3,(H,27,36)(H,29,33)(H,32,35)/b28-16-,31-30+/t23-/m0/s1. The Morgan fingerprint density at radius 3 is 2.36 bits per heavy atom. The molecule has 0 unspecified atom stereocenters. The Morgan fingerprint density at radius 1 is 0.972 bits per heavy atom. The van der Waals surface area contributed by atoms with Gasteiger partial charge in [-0.25, -0.2) is 5.43 Å². The van der Waals surface area contributed by atoms with E-state index in [4.69, 9.17) is 0 Å². The smallest absolute Gasteiger partial charge is 0.271 e. The van der Waals surface area contributed by atoms with Gasteiger partial charge in [0.25, 0.3) is 5.91 Å². The Morgan fingerprint density at radius 2 is 1.69 bits per heavy atom. The summed E-state index contributed by atoms with van der Waals surface area (Å²) < 4.78 is 0. The molecule has 0 heterocycles. The molecule has 3 rings (SSSR count). The second kappa shape index (κ2) is 12.6. The molecule has 3 aromatic rings. The molecule has 0 aliphatic heterocycles. The van der Waals surface area contributed by atoms with Gasteiger partial charge in [0.2, 0.25) is 11.8 Å². The van der Waals surface area contributed by atoms with E-state index < -0.39 is 6.04 Å². The highest BCUT2D eigenvalue weighted by molar-refractivity contribution is 5.94. The fourth-order valence-electron chi connectivity index (χ4n) is 3.20. The van der Waals surface area contributed by atoms with Gasteiger partial charge in [-0.1, -0.05) is 36.4 Å². The van der Waals surface area contributed by atoms with Crippen LogP contribution in [0.25, 0.3) is 0 Å². The zero-order valence-corrected chi connectivity index (χ0v) is 19.8. The fourth-order valence-corrected chi connectivity index (χ4v) is 3.20. The van der Waals surface area contributed by atoms with Crippen LogP contribution in [-0.4, -0.2) is 42.1 Å². The highest BCUT2D eigenvalue weighted by Crippen LogP contribution is 2.29. The lowest BCUT2D eigenvalue weighted by Crippen LogP contribution is -2.46. The number of hydrogen-bond donors (Lipinski definition) is 4. The van der Waals surface area contributed by atoms with Gasteiger partial charge in [-0.3, -0.25) is 14.4 Å². The van der Waals surface area contributed by atoms with Gasteiger partial charge < -0.3 is 15.7 Å². The summed E-state index contributed by atoms with van der Waals surface area (Å²) in [4.78, 5) is 35.5. The number of hydrazone groups is 1. The van der Waals surface area contributed by atoms with Crippen LogP contribution in [0.4, 0.5) is 11.4 Å². The Kier molecular flexibility index (Phi) is 8.99. The number of hydrogen-bond acceptors (Lipinski definition) is 7. The normalized spacial score (nSPS) is 11.8. The third-order valence-electron chi connectivity index (χ3n) is 5.00. The second-order valence-electron chi connectivity index (χ2n) is 7.75. The van der Waals surface area contributed by atoms with Crippen LogP contribution in [0.15, 0.2) is 88.1 Å². The van der Waals surface area contributed by atoms with Crippen molar-refractivity contribution in [2.24, 2.45) is 15.3 Å². The third-order valence-corrected chi connectivity index (χ3v) is 5.00. The van der Waals surface area contributed by atoms with Gasteiger partial charge in [-0.2, -0.15) is 10.2 Å². The summed E-state index contributed by atoms with van der Waals surface area (Å²) in [6.07, 6.45) is 1.73. The molecular formula is C26H26N6O4. The van der Waals surface area contributed by atoms with Crippen molar-refractivity contribution >= 4 is 35.3 Å². The number of benzene rings is 3. The Bertz CT molecular complexity index is 1270. The first-order valence-electron chi connectivity index (χ1n) is 11.1. The summed E-state index contributed by atoms with van der Waals surface area (Å²) in [6, 6.07) is 19.7. The van der Waals surface area contributed by atoms with E-state index in [1.165, 1.54) is 26.3 Å². The number of carbonyl (C=O) groups is 3. The van der Waals surface area contributed by atoms with Gasteiger partial charge in [-0.05, 0) is 47.5 Å². The molecule has 4 N–H and O–H groups in total. The monoisotopic (exact) mass is 486 g/mol. The van der Waals surface area contributed by atoms with Crippen LogP contribution in [0, 0.1) is 0 Å². The van der Waals surface area contributed by atoms with Crippen LogP contribution in [0.3, 0.4) is 0 Å². The van der Waals surface area contributed by atoms with Crippen molar-refractivity contribution in [3.8, 4) is 5.75 Å². The fraction of sp³-hybridized carbons (Fsp3) is 0.154. The van der Waals surface area contributed by atoms with Crippen molar-refractivity contribution in [2.45, 2.75) is 19.4 Å². The van der Waals surface area contributed by atoms with E-state index in [1.807, 2.05) is 6.07 Å². The summed E-state index contributed by atoms with van der Waals surface area (Å²) in [5.41, 5.74) is 5.16. The van der Waals surface area contributed by atoms with Crippen LogP contribution in [-0.2, 0) is 16.0 Å². The van der Waals surface area contributed by atoms with E-state index in [1.54, 1.807) is 60.7 Å². The Hall–Kier alpha value is -4.86. The summed E-state index contributed by atoms with van der Waals surface area (Å²) in [5.74, 6) is -1.03. The zero-order chi connectivity index (χ0) is 25.9. The van der Waals surface area contributed by atoms with Gasteiger partial charge in [0.15, 0.2) is 0 Å². The van der Waals surface area contributed by atoms with Crippen LogP contribution in [0.1, 0.15) is 28.4 Å². The molecule has 0 spiro atoms. The number of nitrogens with zero attached hydrogens (tertiary/aromatic N) is 3. The highest BCUT2D eigenvalue weighted by atomic mass is 16.3. The molecule has 0 fully saturated rings. The third kappa shape index (κ3) is 7.59. The molecule has 0 radical (unpaired) electrons. The number of likely N-dealkylation sites (N-methyl/N-ethyl adjacent to an activating group) is 1. The van der Waals surface area contributed by atoms with E-state index >= 15 is 0 Å². The number of phenolic OH excluding ortho intramolecular Hbond substituents is 1. The van der Waals surface area contributed by atoms with Gasteiger partial charge >= 0.3 is 0 Å². The van der Waals surface area contributed by atoms with Crippen molar-refractivity contribution in [1.82, 2.24) is 16.1 Å². The van der Waals surface area contributed by atoms with E-state index in [2.05, 4.69) is 31.4 Å². The molecule has 36 heavy (non-hydrogen) atoms. The minimum Gasteiger partial charge on any atom is -0.506 e. The largest absolute Gasteiger partial charge is 0.506 e. The maximum Gasteiger partial charge on any atom is 0.271 e. The number of carbonyl (C=O) groups excluding carboxylic acids is 3. The number of aromatic hydroxyl groups is 1. The molecule has 0 saturated heterocycles. The first-order chi connectivity index (χ1) is 17.4. The zero-order valence-electron chi connectivity index (χ0n) is 19.8. The molecule has 3 aromatic carbocycles. The topological polar surface area (TPSA) is 145 Å². The van der Waals surface area contributed by atoms with Crippen LogP contribution < -0.4 is 16.1 Å². The lowest BCUT2D eigenvalue weighted by Gasteiger charge is -2.16. The lowest BCUT2D eigenvalue weighted by molar-refractivity contribution is -0.127.